The van der Waals surface area contributed by atoms with Gasteiger partial charge in [-0.15, -0.1) is 16.1 Å². The van der Waals surface area contributed by atoms with Gasteiger partial charge in [-0.3, -0.25) is 4.79 Å². The molecular formula is C34H31N5O2. The number of nitrogens with one attached hydrogen (secondary N) is 1. The quantitative estimate of drug-likeness (QED) is 0.306. The third-order valence-electron chi connectivity index (χ3n) is 8.00. The lowest BCUT2D eigenvalue weighted by molar-refractivity contribution is 0.0766. The van der Waals surface area contributed by atoms with Gasteiger partial charge in [0, 0.05) is 23.6 Å². The number of aromatic nitrogens is 2. The molecule has 7 nitrogen and oxygen atoms in total. The third-order valence-corrected chi connectivity index (χ3v) is 8.00. The fourth-order valence-corrected chi connectivity index (χ4v) is 6.04. The van der Waals surface area contributed by atoms with Gasteiger partial charge in [0.2, 0.25) is 11.8 Å². The van der Waals surface area contributed by atoms with Crippen LogP contribution in [-0.2, 0) is 0 Å². The molecule has 2 saturated heterocycles. The summed E-state index contributed by atoms with van der Waals surface area (Å²) in [5.41, 5.74) is 4.41. The van der Waals surface area contributed by atoms with Crippen molar-refractivity contribution in [1.29, 1.82) is 5.26 Å². The molecule has 0 bridgehead atoms. The van der Waals surface area contributed by atoms with Gasteiger partial charge in [-0.2, -0.15) is 5.26 Å². The van der Waals surface area contributed by atoms with Crippen LogP contribution in [0.2, 0.25) is 0 Å². The van der Waals surface area contributed by atoms with Crippen molar-refractivity contribution in [3.05, 3.63) is 95.4 Å². The lowest BCUT2D eigenvalue weighted by Crippen LogP contribution is -2.34. The first kappa shape index (κ1) is 26.5. The number of carbonyl (C=O) groups excluding carboxylic acids is 1. The predicted octanol–water partition coefficient (Wildman–Crippen LogP) is 6.11. The zero-order chi connectivity index (χ0) is 28.2. The monoisotopic (exact) mass is 541 g/mol. The van der Waals surface area contributed by atoms with Gasteiger partial charge in [-0.1, -0.05) is 54.5 Å². The van der Waals surface area contributed by atoms with Crippen LogP contribution < -0.4 is 5.32 Å². The van der Waals surface area contributed by atoms with Crippen molar-refractivity contribution in [1.82, 2.24) is 20.4 Å². The summed E-state index contributed by atoms with van der Waals surface area (Å²) in [4.78, 5) is 15.7. The number of nitrogens with zero attached hydrogens (tertiary/aromatic N) is 4. The summed E-state index contributed by atoms with van der Waals surface area (Å²) in [6.07, 6.45) is 3.87. The first-order valence-electron chi connectivity index (χ1n) is 14.2. The van der Waals surface area contributed by atoms with E-state index in [4.69, 9.17) is 4.42 Å². The number of hydrogen-bond acceptors (Lipinski definition) is 6. The summed E-state index contributed by atoms with van der Waals surface area (Å²) in [7, 11) is 0. The van der Waals surface area contributed by atoms with E-state index in [0.717, 1.165) is 43.4 Å². The van der Waals surface area contributed by atoms with Crippen LogP contribution in [0.25, 0.3) is 22.6 Å². The van der Waals surface area contributed by atoms with Crippen molar-refractivity contribution in [3.63, 3.8) is 0 Å². The molecular weight excluding hydrogens is 510 g/mol. The van der Waals surface area contributed by atoms with E-state index in [1.54, 1.807) is 13.0 Å². The smallest absolute Gasteiger partial charge is 0.254 e. The highest BCUT2D eigenvalue weighted by Crippen LogP contribution is 2.38. The fraction of sp³-hybridized carbons (Fsp3) is 0.294. The molecule has 0 saturated carbocycles. The molecule has 6 rings (SSSR count). The normalized spacial score (nSPS) is 20.2. The largest absolute Gasteiger partial charge is 0.419 e. The van der Waals surface area contributed by atoms with E-state index in [0.29, 0.717) is 35.0 Å². The van der Waals surface area contributed by atoms with E-state index in [9.17, 15) is 10.1 Å². The lowest BCUT2D eigenvalue weighted by atomic mass is 9.85. The molecule has 3 aromatic carbocycles. The summed E-state index contributed by atoms with van der Waals surface area (Å²) in [6, 6.07) is 25.5. The zero-order valence-electron chi connectivity index (χ0n) is 23.0. The first-order chi connectivity index (χ1) is 20.2. The van der Waals surface area contributed by atoms with E-state index in [2.05, 4.69) is 57.7 Å². The van der Waals surface area contributed by atoms with Crippen molar-refractivity contribution < 1.29 is 9.21 Å². The molecule has 4 aromatic rings. The summed E-state index contributed by atoms with van der Waals surface area (Å²) in [5.74, 6) is 7.14. The van der Waals surface area contributed by atoms with Crippen molar-refractivity contribution in [3.8, 4) is 40.5 Å². The van der Waals surface area contributed by atoms with Crippen LogP contribution in [0.5, 0.6) is 0 Å². The Morgan fingerprint density at radius 3 is 2.63 bits per heavy atom. The zero-order valence-corrected chi connectivity index (χ0v) is 23.0. The molecule has 7 heteroatoms. The fourth-order valence-electron chi connectivity index (χ4n) is 6.04. The Hall–Kier alpha value is -4.72. The van der Waals surface area contributed by atoms with Crippen LogP contribution in [0, 0.1) is 23.2 Å². The van der Waals surface area contributed by atoms with Crippen LogP contribution in [0.15, 0.2) is 77.2 Å². The number of rotatable bonds is 5. The highest BCUT2D eigenvalue weighted by atomic mass is 16.4. The molecule has 0 spiro atoms. The molecule has 0 aliphatic carbocycles. The summed E-state index contributed by atoms with van der Waals surface area (Å²) >= 11 is 0. The average Bonchev–Trinajstić information content (AvgIpc) is 3.72. The Bertz CT molecular complexity index is 1660. The van der Waals surface area contributed by atoms with Gasteiger partial charge in [0.05, 0.1) is 23.7 Å². The van der Waals surface area contributed by atoms with Gasteiger partial charge >= 0.3 is 0 Å². The molecule has 41 heavy (non-hydrogen) atoms. The minimum absolute atomic E-state index is 0.0920. The molecule has 204 valence electrons. The van der Waals surface area contributed by atoms with E-state index in [1.807, 2.05) is 47.4 Å². The standard InChI is InChI=1S/C34H31N5O2/c1-2-10-28-14-9-18-39(28)34(40)27-20-25(29-15-7-6-13-24(29)22-35)19-26(21-27)32-37-38-33(41-32)31-30(16-8-17-36-31)23-11-4-3-5-12-23/h3-7,11-13,15,19-21,28,30-31,36H,8-9,14,16-18H2,1H3/t28-,30+,31+/m0/s1. The average molecular weight is 542 g/mol. The number of piperidine rings is 1. The lowest BCUT2D eigenvalue weighted by Gasteiger charge is -2.30. The molecule has 3 atom stereocenters. The second kappa shape index (κ2) is 11.8. The molecule has 1 aromatic heterocycles. The number of amides is 1. The number of benzene rings is 3. The number of nitriles is 1. The number of carbonyl (C=O) groups is 1. The van der Waals surface area contributed by atoms with Gasteiger partial charge in [-0.25, -0.2) is 0 Å². The molecule has 3 heterocycles. The van der Waals surface area contributed by atoms with Crippen molar-refractivity contribution >= 4 is 5.91 Å². The van der Waals surface area contributed by atoms with Gasteiger partial charge in [-0.05, 0) is 80.1 Å². The minimum Gasteiger partial charge on any atom is -0.419 e. The highest BCUT2D eigenvalue weighted by molar-refractivity contribution is 5.97. The van der Waals surface area contributed by atoms with E-state index in [1.165, 1.54) is 5.56 Å². The maximum absolute atomic E-state index is 13.8. The predicted molar refractivity (Wildman–Crippen MR) is 157 cm³/mol. The Balaban J connectivity index is 1.41. The van der Waals surface area contributed by atoms with Crippen molar-refractivity contribution in [2.24, 2.45) is 0 Å². The second-order valence-corrected chi connectivity index (χ2v) is 10.5. The molecule has 1 amide bonds. The summed E-state index contributed by atoms with van der Waals surface area (Å²) in [5, 5.41) is 22.3. The molecule has 0 unspecified atom stereocenters. The van der Waals surface area contributed by atoms with Gasteiger partial charge in [0.15, 0.2) is 0 Å². The minimum atomic E-state index is -0.103. The SMILES string of the molecule is CC#C[C@H]1CCCN1C(=O)c1cc(-c2nnc([C@@H]3NCCC[C@@H]3c3ccccc3)o2)cc(-c2ccccc2C#N)c1. The van der Waals surface area contributed by atoms with Gasteiger partial charge in [0.25, 0.3) is 5.91 Å². The Morgan fingerprint density at radius 1 is 1.00 bits per heavy atom. The topological polar surface area (TPSA) is 95.1 Å². The summed E-state index contributed by atoms with van der Waals surface area (Å²) in [6.45, 7) is 3.34. The molecule has 2 aliphatic heterocycles. The second-order valence-electron chi connectivity index (χ2n) is 10.5. The van der Waals surface area contributed by atoms with Crippen LogP contribution >= 0.6 is 0 Å². The summed E-state index contributed by atoms with van der Waals surface area (Å²) < 4.78 is 6.33. The van der Waals surface area contributed by atoms with Gasteiger partial charge in [0.1, 0.15) is 0 Å². The van der Waals surface area contributed by atoms with E-state index in [-0.39, 0.29) is 23.9 Å². The molecule has 0 radical (unpaired) electrons. The van der Waals surface area contributed by atoms with E-state index < -0.39 is 0 Å². The maximum atomic E-state index is 13.8. The highest BCUT2D eigenvalue weighted by Gasteiger charge is 2.32. The number of hydrogen-bond donors (Lipinski definition) is 1. The number of likely N-dealkylation sites (tertiary alicyclic amines) is 1. The first-order valence-corrected chi connectivity index (χ1v) is 14.2. The van der Waals surface area contributed by atoms with Gasteiger partial charge < -0.3 is 14.6 Å². The van der Waals surface area contributed by atoms with Crippen LogP contribution in [0.4, 0.5) is 0 Å². The van der Waals surface area contributed by atoms with Crippen molar-refractivity contribution in [2.75, 3.05) is 13.1 Å². The Morgan fingerprint density at radius 2 is 1.80 bits per heavy atom. The molecule has 2 aliphatic rings. The van der Waals surface area contributed by atoms with Crippen LogP contribution in [-0.4, -0.2) is 40.1 Å². The van der Waals surface area contributed by atoms with Crippen LogP contribution in [0.3, 0.4) is 0 Å². The van der Waals surface area contributed by atoms with Crippen LogP contribution in [0.1, 0.15) is 71.9 Å². The Labute approximate surface area is 240 Å². The third kappa shape index (κ3) is 5.37. The molecule has 2 fully saturated rings. The van der Waals surface area contributed by atoms with E-state index >= 15 is 0 Å². The Kier molecular flexibility index (Phi) is 7.63. The molecule has 1 N–H and O–H groups in total. The van der Waals surface area contributed by atoms with Crippen molar-refractivity contribution in [2.45, 2.75) is 50.6 Å². The maximum Gasteiger partial charge on any atom is 0.254 e.